The van der Waals surface area contributed by atoms with Crippen molar-refractivity contribution in [3.8, 4) is 5.75 Å². The van der Waals surface area contributed by atoms with Gasteiger partial charge in [-0.25, -0.2) is 4.98 Å². The van der Waals surface area contributed by atoms with Gasteiger partial charge < -0.3 is 20.7 Å². The molecule has 0 saturated carbocycles. The first-order valence-corrected chi connectivity index (χ1v) is 16.4. The molecular formula is C36H32N4O4S2. The van der Waals surface area contributed by atoms with E-state index >= 15 is 0 Å². The van der Waals surface area contributed by atoms with Crippen molar-refractivity contribution in [2.75, 3.05) is 10.6 Å². The number of ether oxygens (including phenoxy) is 1. The summed E-state index contributed by atoms with van der Waals surface area (Å²) >= 11 is 2.76. The number of hydrogen-bond donors (Lipinski definition) is 3. The molecule has 3 amide bonds. The Labute approximate surface area is 275 Å². The van der Waals surface area contributed by atoms with Crippen molar-refractivity contribution in [2.45, 2.75) is 30.1 Å². The largest absolute Gasteiger partial charge is 0.489 e. The van der Waals surface area contributed by atoms with Crippen LogP contribution in [0.15, 0.2) is 131 Å². The first-order valence-electron chi connectivity index (χ1n) is 14.6. The van der Waals surface area contributed by atoms with E-state index in [0.717, 1.165) is 10.5 Å². The quantitative estimate of drug-likeness (QED) is 0.0895. The van der Waals surface area contributed by atoms with Gasteiger partial charge in [-0.3, -0.25) is 14.4 Å². The lowest BCUT2D eigenvalue weighted by Crippen LogP contribution is -2.30. The molecule has 0 fully saturated rings. The number of thiazole rings is 1. The van der Waals surface area contributed by atoms with Gasteiger partial charge in [-0.2, -0.15) is 0 Å². The zero-order valence-corrected chi connectivity index (χ0v) is 26.6. The van der Waals surface area contributed by atoms with Gasteiger partial charge in [-0.15, -0.1) is 23.1 Å². The van der Waals surface area contributed by atoms with Gasteiger partial charge in [0.15, 0.2) is 5.13 Å². The summed E-state index contributed by atoms with van der Waals surface area (Å²) in [5, 5.41) is 10.5. The number of aromatic nitrogens is 1. The Balaban J connectivity index is 1.30. The summed E-state index contributed by atoms with van der Waals surface area (Å²) in [6.45, 7) is 2.38. The molecule has 0 aliphatic heterocycles. The van der Waals surface area contributed by atoms with Crippen molar-refractivity contribution in [1.29, 1.82) is 0 Å². The lowest BCUT2D eigenvalue weighted by atomic mass is 10.1. The van der Waals surface area contributed by atoms with Gasteiger partial charge in [0.05, 0.1) is 5.25 Å². The highest BCUT2D eigenvalue weighted by Gasteiger charge is 2.20. The number of rotatable bonds is 13. The van der Waals surface area contributed by atoms with E-state index in [1.54, 1.807) is 54.1 Å². The molecule has 0 saturated heterocycles. The van der Waals surface area contributed by atoms with E-state index in [1.807, 2.05) is 79.7 Å². The molecular weight excluding hydrogens is 617 g/mol. The number of nitrogens with one attached hydrogen (secondary N) is 3. The molecule has 5 rings (SSSR count). The summed E-state index contributed by atoms with van der Waals surface area (Å²) < 4.78 is 5.89. The van der Waals surface area contributed by atoms with Crippen LogP contribution in [0.25, 0.3) is 6.08 Å². The van der Waals surface area contributed by atoms with Crippen molar-refractivity contribution in [3.05, 3.63) is 143 Å². The average Bonchev–Trinajstić information content (AvgIpc) is 3.60. The third kappa shape index (κ3) is 9.40. The Morgan fingerprint density at radius 3 is 2.33 bits per heavy atom. The van der Waals surface area contributed by atoms with E-state index in [0.29, 0.717) is 40.7 Å². The van der Waals surface area contributed by atoms with E-state index in [1.165, 1.54) is 23.1 Å². The minimum Gasteiger partial charge on any atom is -0.489 e. The van der Waals surface area contributed by atoms with Crippen molar-refractivity contribution >= 4 is 57.7 Å². The molecule has 5 aromatic rings. The maximum atomic E-state index is 13.6. The highest BCUT2D eigenvalue weighted by Crippen LogP contribution is 2.29. The van der Waals surface area contributed by atoms with Gasteiger partial charge in [-0.1, -0.05) is 73.7 Å². The fraction of sp³-hybridized carbons (Fsp3) is 0.111. The van der Waals surface area contributed by atoms with Gasteiger partial charge >= 0.3 is 0 Å². The Bertz CT molecular complexity index is 1780. The average molecular weight is 649 g/mol. The zero-order chi connectivity index (χ0) is 32.1. The van der Waals surface area contributed by atoms with Gasteiger partial charge in [0.2, 0.25) is 5.91 Å². The molecule has 1 aromatic heterocycles. The molecule has 3 N–H and O–H groups in total. The smallest absolute Gasteiger partial charge is 0.272 e. The normalized spacial score (nSPS) is 11.7. The van der Waals surface area contributed by atoms with Crippen LogP contribution in [0.2, 0.25) is 0 Å². The molecule has 4 aromatic carbocycles. The summed E-state index contributed by atoms with van der Waals surface area (Å²) in [4.78, 5) is 44.4. The first-order chi connectivity index (χ1) is 22.5. The van der Waals surface area contributed by atoms with Crippen molar-refractivity contribution in [3.63, 3.8) is 0 Å². The lowest BCUT2D eigenvalue weighted by Gasteiger charge is -2.15. The van der Waals surface area contributed by atoms with Gasteiger partial charge in [0.25, 0.3) is 11.8 Å². The summed E-state index contributed by atoms with van der Waals surface area (Å²) in [5.74, 6) is -0.363. The Morgan fingerprint density at radius 1 is 0.891 bits per heavy atom. The fourth-order valence-corrected chi connectivity index (χ4v) is 5.86. The molecule has 8 nitrogen and oxygen atoms in total. The topological polar surface area (TPSA) is 109 Å². The molecule has 0 spiro atoms. The van der Waals surface area contributed by atoms with Gasteiger partial charge in [-0.05, 0) is 66.1 Å². The van der Waals surface area contributed by atoms with Crippen LogP contribution in [-0.2, 0) is 16.2 Å². The third-order valence-electron chi connectivity index (χ3n) is 6.66. The molecule has 1 unspecified atom stereocenters. The molecule has 10 heteroatoms. The van der Waals surface area contributed by atoms with Crippen LogP contribution in [0.3, 0.4) is 0 Å². The van der Waals surface area contributed by atoms with Crippen LogP contribution < -0.4 is 20.7 Å². The molecule has 232 valence electrons. The molecule has 0 aliphatic rings. The van der Waals surface area contributed by atoms with Gasteiger partial charge in [0.1, 0.15) is 18.1 Å². The zero-order valence-electron chi connectivity index (χ0n) is 25.0. The van der Waals surface area contributed by atoms with Crippen LogP contribution in [0, 0.1) is 0 Å². The van der Waals surface area contributed by atoms with E-state index in [9.17, 15) is 14.4 Å². The van der Waals surface area contributed by atoms with Crippen LogP contribution >= 0.6 is 23.1 Å². The van der Waals surface area contributed by atoms with E-state index in [-0.39, 0.29) is 16.9 Å². The van der Waals surface area contributed by atoms with Crippen LogP contribution in [0.1, 0.15) is 34.8 Å². The fourth-order valence-electron chi connectivity index (χ4n) is 4.31. The lowest BCUT2D eigenvalue weighted by molar-refractivity contribution is -0.116. The second-order valence-corrected chi connectivity index (χ2v) is 12.2. The Kier molecular flexibility index (Phi) is 11.4. The predicted octanol–water partition coefficient (Wildman–Crippen LogP) is 7.64. The van der Waals surface area contributed by atoms with Crippen LogP contribution in [0.4, 0.5) is 10.8 Å². The second kappa shape index (κ2) is 16.2. The number of thioether (sulfide) groups is 1. The molecule has 1 atom stereocenters. The van der Waals surface area contributed by atoms with Gasteiger partial charge in [0, 0.05) is 27.7 Å². The molecule has 46 heavy (non-hydrogen) atoms. The second-order valence-electron chi connectivity index (χ2n) is 10.0. The summed E-state index contributed by atoms with van der Waals surface area (Å²) in [7, 11) is 0. The van der Waals surface area contributed by atoms with E-state index < -0.39 is 11.8 Å². The molecule has 1 heterocycles. The van der Waals surface area contributed by atoms with E-state index in [4.69, 9.17) is 4.74 Å². The number of anilines is 2. The highest BCUT2D eigenvalue weighted by atomic mass is 32.2. The monoisotopic (exact) mass is 648 g/mol. The Hall–Kier alpha value is -5.19. The number of nitrogens with zero attached hydrogens (tertiary/aromatic N) is 1. The number of hydrogen-bond acceptors (Lipinski definition) is 7. The molecule has 0 bridgehead atoms. The van der Waals surface area contributed by atoms with Crippen LogP contribution in [0.5, 0.6) is 5.75 Å². The number of carbonyl (C=O) groups excluding carboxylic acids is 3. The SMILES string of the molecule is CCC(Sc1cccc(NC(=O)/C(=C/c2ccc(OCc3ccccc3)cc2)NC(=O)c2ccccc2)c1)C(=O)Nc1nccs1. The Morgan fingerprint density at radius 2 is 1.63 bits per heavy atom. The molecule has 0 radical (unpaired) electrons. The standard InChI is InChI=1S/C36H32N4O4S2/c1-2-32(35(43)40-36-37-20-21-45-36)46-30-15-9-14-28(23-30)38-34(42)31(39-33(41)27-12-7-4-8-13-27)22-25-16-18-29(19-17-25)44-24-26-10-5-3-6-11-26/h3-23,32H,2,24H2,1H3,(H,38,42)(H,39,41)(H,37,40,43)/b31-22-. The van der Waals surface area contributed by atoms with Crippen molar-refractivity contribution in [2.24, 2.45) is 0 Å². The number of amides is 3. The highest BCUT2D eigenvalue weighted by molar-refractivity contribution is 8.00. The van der Waals surface area contributed by atoms with Crippen molar-refractivity contribution in [1.82, 2.24) is 10.3 Å². The predicted molar refractivity (Wildman–Crippen MR) is 185 cm³/mol. The number of benzene rings is 4. The minimum absolute atomic E-state index is 0.0686. The molecule has 0 aliphatic carbocycles. The first kappa shape index (κ1) is 32.2. The van der Waals surface area contributed by atoms with Crippen molar-refractivity contribution < 1.29 is 19.1 Å². The maximum absolute atomic E-state index is 13.6. The number of carbonyl (C=O) groups is 3. The summed E-state index contributed by atoms with van der Waals surface area (Å²) in [5.41, 5.74) is 2.77. The third-order valence-corrected chi connectivity index (χ3v) is 8.71. The van der Waals surface area contributed by atoms with E-state index in [2.05, 4.69) is 20.9 Å². The minimum atomic E-state index is -0.496. The van der Waals surface area contributed by atoms with Crippen LogP contribution in [-0.4, -0.2) is 28.0 Å². The maximum Gasteiger partial charge on any atom is 0.272 e. The summed E-state index contributed by atoms with van der Waals surface area (Å²) in [6.07, 6.45) is 3.86. The summed E-state index contributed by atoms with van der Waals surface area (Å²) in [6, 6.07) is 33.1.